The lowest BCUT2D eigenvalue weighted by Gasteiger charge is -2.31. The number of nitrogens with zero attached hydrogens (tertiary/aromatic N) is 6. The minimum atomic E-state index is -0.638. The molecule has 0 spiro atoms. The highest BCUT2D eigenvalue weighted by atomic mass is 16.5. The van der Waals surface area contributed by atoms with Crippen molar-refractivity contribution in [1.29, 1.82) is 0 Å². The van der Waals surface area contributed by atoms with Crippen molar-refractivity contribution in [2.24, 2.45) is 5.92 Å². The number of hydrogen-bond acceptors (Lipinski definition) is 7. The van der Waals surface area contributed by atoms with Crippen LogP contribution >= 0.6 is 0 Å². The lowest BCUT2D eigenvalue weighted by molar-refractivity contribution is -0.136. The molecule has 2 unspecified atom stereocenters. The van der Waals surface area contributed by atoms with E-state index in [1.165, 1.54) is 13.3 Å². The van der Waals surface area contributed by atoms with Gasteiger partial charge in [-0.25, -0.2) is 4.98 Å². The molecule has 2 atom stereocenters. The smallest absolute Gasteiger partial charge is 0.256 e. The molecule has 0 aliphatic carbocycles. The Hall–Kier alpha value is -3.01. The van der Waals surface area contributed by atoms with Gasteiger partial charge in [-0.3, -0.25) is 9.59 Å². The Morgan fingerprint density at radius 2 is 2.03 bits per heavy atom. The fourth-order valence-corrected chi connectivity index (χ4v) is 4.06. The summed E-state index contributed by atoms with van der Waals surface area (Å²) in [5.41, 5.74) is 0.419. The van der Waals surface area contributed by atoms with Crippen LogP contribution in [0.15, 0.2) is 18.3 Å². The predicted octanol–water partition coefficient (Wildman–Crippen LogP) is 0.628. The van der Waals surface area contributed by atoms with E-state index in [4.69, 9.17) is 4.74 Å². The molecule has 0 aromatic carbocycles. The van der Waals surface area contributed by atoms with Crippen LogP contribution in [0.4, 0.5) is 0 Å². The quantitative estimate of drug-likeness (QED) is 0.780. The molecule has 1 fully saturated rings. The molecule has 2 aromatic rings. The largest absolute Gasteiger partial charge is 0.481 e. The van der Waals surface area contributed by atoms with Crippen molar-refractivity contribution in [1.82, 2.24) is 29.5 Å². The van der Waals surface area contributed by atoms with Gasteiger partial charge in [-0.05, 0) is 6.07 Å². The topological polar surface area (TPSA) is 114 Å². The fourth-order valence-electron chi connectivity index (χ4n) is 4.06. The van der Waals surface area contributed by atoms with Gasteiger partial charge in [0, 0.05) is 44.2 Å². The molecule has 0 bridgehead atoms. The van der Waals surface area contributed by atoms with Crippen LogP contribution in [0.1, 0.15) is 48.3 Å². The molecule has 4 rings (SSSR count). The van der Waals surface area contributed by atoms with Gasteiger partial charge in [0.25, 0.3) is 5.91 Å². The number of rotatable bonds is 4. The van der Waals surface area contributed by atoms with Gasteiger partial charge in [0.1, 0.15) is 0 Å². The zero-order valence-corrected chi connectivity index (χ0v) is 17.4. The first kappa shape index (κ1) is 20.3. The molecule has 1 saturated heterocycles. The zero-order chi connectivity index (χ0) is 21.4. The van der Waals surface area contributed by atoms with Crippen molar-refractivity contribution in [2.45, 2.75) is 45.5 Å². The maximum Gasteiger partial charge on any atom is 0.256 e. The Kier molecular flexibility index (Phi) is 5.42. The predicted molar refractivity (Wildman–Crippen MR) is 105 cm³/mol. The van der Waals surface area contributed by atoms with Gasteiger partial charge in [-0.2, -0.15) is 0 Å². The van der Waals surface area contributed by atoms with E-state index < -0.39 is 6.10 Å². The Labute approximate surface area is 174 Å². The number of carbonyl (C=O) groups is 2. The number of pyridine rings is 1. The van der Waals surface area contributed by atoms with Crippen molar-refractivity contribution in [2.75, 3.05) is 20.2 Å². The number of amides is 2. The highest BCUT2D eigenvalue weighted by Crippen LogP contribution is 2.33. The van der Waals surface area contributed by atoms with Crippen molar-refractivity contribution >= 4 is 11.8 Å². The number of fused-ring (bicyclic) bond motifs is 1. The monoisotopic (exact) mass is 414 g/mol. The van der Waals surface area contributed by atoms with Gasteiger partial charge in [-0.15, -0.1) is 10.2 Å². The molecule has 10 heteroatoms. The summed E-state index contributed by atoms with van der Waals surface area (Å²) < 4.78 is 7.02. The van der Waals surface area contributed by atoms with E-state index in [1.54, 1.807) is 21.9 Å². The van der Waals surface area contributed by atoms with Crippen LogP contribution in [-0.4, -0.2) is 72.8 Å². The second kappa shape index (κ2) is 8.02. The Morgan fingerprint density at radius 1 is 1.23 bits per heavy atom. The summed E-state index contributed by atoms with van der Waals surface area (Å²) in [4.78, 5) is 32.9. The molecule has 2 amide bonds. The molecule has 1 N–H and O–H groups in total. The molecule has 30 heavy (non-hydrogen) atoms. The molecule has 160 valence electrons. The molecule has 2 aromatic heterocycles. The molecule has 2 aliphatic heterocycles. The van der Waals surface area contributed by atoms with E-state index in [9.17, 15) is 14.7 Å². The van der Waals surface area contributed by atoms with Gasteiger partial charge in [-0.1, -0.05) is 13.8 Å². The van der Waals surface area contributed by atoms with Crippen LogP contribution in [0, 0.1) is 5.92 Å². The number of carbonyl (C=O) groups excluding carboxylic acids is 2. The van der Waals surface area contributed by atoms with Gasteiger partial charge in [0.15, 0.2) is 11.6 Å². The fraction of sp³-hybridized carbons (Fsp3) is 0.550. The summed E-state index contributed by atoms with van der Waals surface area (Å²) in [5, 5.41) is 18.9. The Bertz CT molecular complexity index is 941. The van der Waals surface area contributed by atoms with Crippen molar-refractivity contribution in [3.05, 3.63) is 35.5 Å². The molecule has 0 saturated carbocycles. The van der Waals surface area contributed by atoms with Crippen LogP contribution in [0.3, 0.4) is 0 Å². The normalized spacial score (nSPS) is 21.1. The lowest BCUT2D eigenvalue weighted by Crippen LogP contribution is -2.41. The Morgan fingerprint density at radius 3 is 2.70 bits per heavy atom. The van der Waals surface area contributed by atoms with Crippen LogP contribution in [-0.2, 0) is 17.9 Å². The molecular formula is C20H26N6O4. The number of aromatic nitrogens is 4. The van der Waals surface area contributed by atoms with Crippen LogP contribution < -0.4 is 4.74 Å². The molecular weight excluding hydrogens is 388 g/mol. The van der Waals surface area contributed by atoms with Crippen molar-refractivity contribution in [3.63, 3.8) is 0 Å². The maximum atomic E-state index is 13.1. The summed E-state index contributed by atoms with van der Waals surface area (Å²) in [6.07, 6.45) is 1.22. The van der Waals surface area contributed by atoms with E-state index in [0.29, 0.717) is 49.1 Å². The third kappa shape index (κ3) is 3.62. The average molecular weight is 414 g/mol. The maximum absolute atomic E-state index is 13.1. The van der Waals surface area contributed by atoms with Crippen LogP contribution in [0.5, 0.6) is 5.88 Å². The summed E-state index contributed by atoms with van der Waals surface area (Å²) >= 11 is 0. The summed E-state index contributed by atoms with van der Waals surface area (Å²) in [7, 11) is 1.51. The van der Waals surface area contributed by atoms with Crippen LogP contribution in [0.25, 0.3) is 0 Å². The van der Waals surface area contributed by atoms with E-state index in [0.717, 1.165) is 0 Å². The van der Waals surface area contributed by atoms with E-state index >= 15 is 0 Å². The third-order valence-electron chi connectivity index (χ3n) is 5.62. The zero-order valence-electron chi connectivity index (χ0n) is 17.4. The lowest BCUT2D eigenvalue weighted by atomic mass is 10.1. The van der Waals surface area contributed by atoms with Gasteiger partial charge >= 0.3 is 0 Å². The third-order valence-corrected chi connectivity index (χ3v) is 5.62. The van der Waals surface area contributed by atoms with Gasteiger partial charge in [0.2, 0.25) is 11.8 Å². The number of aliphatic hydroxyl groups is 1. The molecule has 2 aliphatic rings. The average Bonchev–Trinajstić information content (AvgIpc) is 3.35. The molecule has 0 radical (unpaired) electrons. The highest BCUT2D eigenvalue weighted by Gasteiger charge is 2.40. The van der Waals surface area contributed by atoms with Crippen molar-refractivity contribution in [3.8, 4) is 5.88 Å². The molecule has 10 nitrogen and oxygen atoms in total. The summed E-state index contributed by atoms with van der Waals surface area (Å²) in [5.74, 6) is 1.56. The highest BCUT2D eigenvalue weighted by molar-refractivity contribution is 5.94. The number of likely N-dealkylation sites (tertiary alicyclic amines) is 1. The SMILES string of the molecule is COc1ccc(C(=O)N2CC(O)CC2c2nnc3n2CCN(C(=O)C(C)C)C3)cn1. The van der Waals surface area contributed by atoms with E-state index in [1.807, 2.05) is 18.4 Å². The van der Waals surface area contributed by atoms with E-state index in [-0.39, 0.29) is 30.3 Å². The van der Waals surface area contributed by atoms with Gasteiger partial charge in [0.05, 0.1) is 31.4 Å². The number of aliphatic hydroxyl groups excluding tert-OH is 1. The second-order valence-electron chi connectivity index (χ2n) is 7.99. The van der Waals surface area contributed by atoms with Crippen LogP contribution in [0.2, 0.25) is 0 Å². The first-order valence-electron chi connectivity index (χ1n) is 10.1. The number of methoxy groups -OCH3 is 1. The Balaban J connectivity index is 1.57. The second-order valence-corrected chi connectivity index (χ2v) is 7.99. The number of ether oxygens (including phenoxy) is 1. The van der Waals surface area contributed by atoms with Crippen molar-refractivity contribution < 1.29 is 19.4 Å². The number of hydrogen-bond donors (Lipinski definition) is 1. The summed E-state index contributed by atoms with van der Waals surface area (Å²) in [6.45, 7) is 5.51. The standard InChI is InChI=1S/C20H26N6O4/c1-12(2)19(28)24-6-7-25-16(11-24)22-23-18(25)15-8-14(27)10-26(15)20(29)13-4-5-17(30-3)21-9-13/h4-5,9,12,14-15,27H,6-8,10-11H2,1-3H3. The minimum absolute atomic E-state index is 0.0739. The first-order chi connectivity index (χ1) is 14.4. The number of β-amino-alcohol motifs (C(OH)–C–C–N with tert-alkyl or cyclic N) is 1. The minimum Gasteiger partial charge on any atom is -0.481 e. The van der Waals surface area contributed by atoms with Gasteiger partial charge < -0.3 is 24.2 Å². The molecule has 4 heterocycles. The summed E-state index contributed by atoms with van der Waals surface area (Å²) in [6, 6.07) is 2.90. The van der Waals surface area contributed by atoms with E-state index in [2.05, 4.69) is 15.2 Å². The first-order valence-corrected chi connectivity index (χ1v) is 10.1.